The number of benzene rings is 1. The van der Waals surface area contributed by atoms with Gasteiger partial charge in [0.1, 0.15) is 0 Å². The number of aromatic nitrogens is 1. The number of nitrogens with one attached hydrogen (secondary N) is 1. The Morgan fingerprint density at radius 1 is 1.39 bits per heavy atom. The van der Waals surface area contributed by atoms with Crippen LogP contribution in [-0.2, 0) is 9.53 Å². The van der Waals surface area contributed by atoms with Crippen molar-refractivity contribution in [1.29, 1.82) is 0 Å². The van der Waals surface area contributed by atoms with Crippen molar-refractivity contribution in [2.45, 2.75) is 0 Å². The van der Waals surface area contributed by atoms with Gasteiger partial charge in [-0.25, -0.2) is 14.4 Å². The van der Waals surface area contributed by atoms with Crippen molar-refractivity contribution in [2.24, 2.45) is 0 Å². The first-order chi connectivity index (χ1) is 8.61. The van der Waals surface area contributed by atoms with Crippen LogP contribution in [-0.4, -0.2) is 18.1 Å². The molecule has 0 atom stereocenters. The van der Waals surface area contributed by atoms with Gasteiger partial charge in [-0.3, -0.25) is 4.98 Å². The molecule has 1 heterocycles. The Labute approximate surface area is 101 Å². The van der Waals surface area contributed by atoms with Crippen molar-refractivity contribution in [3.8, 4) is 0 Å². The molecule has 0 aliphatic carbocycles. The molecule has 0 saturated heterocycles. The fourth-order valence-electron chi connectivity index (χ4n) is 1.54. The number of methoxy groups -OCH3 is 1. The molecule has 0 aliphatic rings. The fraction of sp³-hybridized carbons (Fsp3) is 0.0833. The predicted molar refractivity (Wildman–Crippen MR) is 64.2 cm³/mol. The summed E-state index contributed by atoms with van der Waals surface area (Å²) in [6.45, 7) is 0. The summed E-state index contributed by atoms with van der Waals surface area (Å²) in [4.78, 5) is 36.0. The highest BCUT2D eigenvalue weighted by molar-refractivity contribution is 5.92. The number of carbonyl (C=O) groups is 1. The molecule has 2 aromatic rings. The monoisotopic (exact) mass is 247 g/mol. The molecule has 0 aliphatic heterocycles. The predicted octanol–water partition coefficient (Wildman–Crippen LogP) is 0.667. The smallest absolute Gasteiger partial charge is 0.419 e. The first-order valence-corrected chi connectivity index (χ1v) is 5.04. The van der Waals surface area contributed by atoms with Crippen molar-refractivity contribution >= 4 is 22.9 Å². The first kappa shape index (κ1) is 11.8. The summed E-state index contributed by atoms with van der Waals surface area (Å²) in [5.41, 5.74) is 0.0602. The summed E-state index contributed by atoms with van der Waals surface area (Å²) in [6, 6.07) is 4.84. The Morgan fingerprint density at radius 2 is 2.17 bits per heavy atom. The quantitative estimate of drug-likeness (QED) is 0.622. The van der Waals surface area contributed by atoms with Crippen molar-refractivity contribution in [3.63, 3.8) is 0 Å². The second kappa shape index (κ2) is 4.70. The summed E-state index contributed by atoms with van der Waals surface area (Å²) in [5, 5.41) is 0.206. The molecule has 0 spiro atoms. The van der Waals surface area contributed by atoms with Crippen molar-refractivity contribution in [1.82, 2.24) is 4.98 Å². The standard InChI is InChI=1S/C12H9NO5/c1-17-9(14)6-5-7-3-2-4-8-10(7)11(15)18-12(16)13-8/h2-6H,1H3,(H,13,16). The van der Waals surface area contributed by atoms with Crippen LogP contribution in [0.3, 0.4) is 0 Å². The lowest BCUT2D eigenvalue weighted by molar-refractivity contribution is -0.134. The largest absolute Gasteiger partial charge is 0.466 e. The highest BCUT2D eigenvalue weighted by Gasteiger charge is 2.06. The molecule has 0 unspecified atom stereocenters. The maximum Gasteiger partial charge on any atom is 0.419 e. The van der Waals surface area contributed by atoms with Crippen LogP contribution in [0.15, 0.2) is 38.3 Å². The third-order valence-corrected chi connectivity index (χ3v) is 2.32. The van der Waals surface area contributed by atoms with Crippen LogP contribution in [0.2, 0.25) is 0 Å². The number of esters is 1. The number of hydrogen-bond donors (Lipinski definition) is 1. The molecule has 2 rings (SSSR count). The highest BCUT2D eigenvalue weighted by Crippen LogP contribution is 2.13. The van der Waals surface area contributed by atoms with E-state index >= 15 is 0 Å². The van der Waals surface area contributed by atoms with Crippen LogP contribution in [0, 0.1) is 0 Å². The minimum atomic E-state index is -0.818. The molecule has 1 aromatic carbocycles. The van der Waals surface area contributed by atoms with E-state index in [1.807, 2.05) is 0 Å². The minimum absolute atomic E-state index is 0.206. The van der Waals surface area contributed by atoms with Crippen LogP contribution >= 0.6 is 0 Å². The zero-order valence-corrected chi connectivity index (χ0v) is 9.43. The van der Waals surface area contributed by atoms with Gasteiger partial charge in [-0.15, -0.1) is 0 Å². The van der Waals surface area contributed by atoms with Gasteiger partial charge in [0.05, 0.1) is 18.0 Å². The lowest BCUT2D eigenvalue weighted by atomic mass is 10.1. The van der Waals surface area contributed by atoms with Crippen LogP contribution in [0.1, 0.15) is 5.56 Å². The Bertz CT molecular complexity index is 738. The van der Waals surface area contributed by atoms with E-state index in [0.29, 0.717) is 11.1 Å². The molecule has 92 valence electrons. The number of fused-ring (bicyclic) bond motifs is 1. The molecule has 0 fully saturated rings. The molecule has 6 heteroatoms. The first-order valence-electron chi connectivity index (χ1n) is 5.04. The summed E-state index contributed by atoms with van der Waals surface area (Å²) < 4.78 is 8.90. The minimum Gasteiger partial charge on any atom is -0.466 e. The number of rotatable bonds is 2. The van der Waals surface area contributed by atoms with E-state index in [1.54, 1.807) is 18.2 Å². The Balaban J connectivity index is 2.66. The number of ether oxygens (including phenoxy) is 1. The number of hydrogen-bond acceptors (Lipinski definition) is 5. The van der Waals surface area contributed by atoms with E-state index in [4.69, 9.17) is 0 Å². The van der Waals surface area contributed by atoms with Crippen molar-refractivity contribution in [2.75, 3.05) is 7.11 Å². The molecular weight excluding hydrogens is 238 g/mol. The maximum atomic E-state index is 11.6. The third-order valence-electron chi connectivity index (χ3n) is 2.32. The van der Waals surface area contributed by atoms with E-state index in [9.17, 15) is 14.4 Å². The molecule has 0 saturated carbocycles. The molecule has 1 N–H and O–H groups in total. The van der Waals surface area contributed by atoms with Crippen molar-refractivity contribution in [3.05, 3.63) is 50.8 Å². The number of H-pyrrole nitrogens is 1. The van der Waals surface area contributed by atoms with Gasteiger partial charge in [0.2, 0.25) is 0 Å². The summed E-state index contributed by atoms with van der Waals surface area (Å²) in [5.74, 6) is -1.36. The van der Waals surface area contributed by atoms with E-state index < -0.39 is 17.4 Å². The van der Waals surface area contributed by atoms with Gasteiger partial charge in [0.15, 0.2) is 0 Å². The normalized spacial score (nSPS) is 10.9. The molecule has 18 heavy (non-hydrogen) atoms. The van der Waals surface area contributed by atoms with Crippen LogP contribution in [0.4, 0.5) is 0 Å². The summed E-state index contributed by atoms with van der Waals surface area (Å²) >= 11 is 0. The number of aromatic amines is 1. The van der Waals surface area contributed by atoms with Gasteiger partial charge in [-0.05, 0) is 17.7 Å². The van der Waals surface area contributed by atoms with Crippen LogP contribution in [0.25, 0.3) is 17.0 Å². The maximum absolute atomic E-state index is 11.6. The summed E-state index contributed by atoms with van der Waals surface area (Å²) in [6.07, 6.45) is 2.60. The Morgan fingerprint density at radius 3 is 2.89 bits per heavy atom. The van der Waals surface area contributed by atoms with Gasteiger partial charge >= 0.3 is 17.4 Å². The molecule has 6 nitrogen and oxygen atoms in total. The second-order valence-electron chi connectivity index (χ2n) is 3.43. The zero-order chi connectivity index (χ0) is 13.1. The molecule has 0 bridgehead atoms. The molecule has 1 aromatic heterocycles. The van der Waals surface area contributed by atoms with E-state index in [0.717, 1.165) is 0 Å². The zero-order valence-electron chi connectivity index (χ0n) is 9.43. The van der Waals surface area contributed by atoms with E-state index in [2.05, 4.69) is 14.1 Å². The van der Waals surface area contributed by atoms with E-state index in [1.165, 1.54) is 19.3 Å². The molecule has 0 amide bonds. The van der Waals surface area contributed by atoms with Gasteiger partial charge in [-0.2, -0.15) is 0 Å². The summed E-state index contributed by atoms with van der Waals surface area (Å²) in [7, 11) is 1.25. The Kier molecular flexibility index (Phi) is 3.09. The Hall–Kier alpha value is -2.63. The average molecular weight is 247 g/mol. The van der Waals surface area contributed by atoms with Gasteiger partial charge in [0.25, 0.3) is 0 Å². The molecular formula is C12H9NO5. The van der Waals surface area contributed by atoms with Crippen LogP contribution in [0.5, 0.6) is 0 Å². The topological polar surface area (TPSA) is 89.4 Å². The van der Waals surface area contributed by atoms with Crippen molar-refractivity contribution < 1.29 is 13.9 Å². The number of carbonyl (C=O) groups excluding carboxylic acids is 1. The van der Waals surface area contributed by atoms with Gasteiger partial charge in [0, 0.05) is 6.08 Å². The second-order valence-corrected chi connectivity index (χ2v) is 3.43. The molecule has 0 radical (unpaired) electrons. The van der Waals surface area contributed by atoms with Gasteiger partial charge in [-0.1, -0.05) is 12.1 Å². The van der Waals surface area contributed by atoms with Crippen LogP contribution < -0.4 is 11.4 Å². The fourth-order valence-corrected chi connectivity index (χ4v) is 1.54. The average Bonchev–Trinajstić information content (AvgIpc) is 2.35. The van der Waals surface area contributed by atoms with E-state index in [-0.39, 0.29) is 5.39 Å². The SMILES string of the molecule is COC(=O)C=Cc1cccc2[nH]c(=O)oc(=O)c12. The third kappa shape index (κ3) is 2.22. The van der Waals surface area contributed by atoms with Gasteiger partial charge < -0.3 is 9.15 Å². The highest BCUT2D eigenvalue weighted by atomic mass is 16.5. The lowest BCUT2D eigenvalue weighted by Gasteiger charge is -1.99. The lowest BCUT2D eigenvalue weighted by Crippen LogP contribution is -2.15.